The molecule has 1 aromatic carbocycles. The van der Waals surface area contributed by atoms with Gasteiger partial charge in [-0.25, -0.2) is 4.79 Å². The fourth-order valence-electron chi connectivity index (χ4n) is 2.75. The molecule has 2 rings (SSSR count). The van der Waals surface area contributed by atoms with Gasteiger partial charge < -0.3 is 10.6 Å². The van der Waals surface area contributed by atoms with Gasteiger partial charge in [-0.05, 0) is 44.9 Å². The van der Waals surface area contributed by atoms with E-state index < -0.39 is 0 Å². The van der Waals surface area contributed by atoms with Crippen molar-refractivity contribution in [2.24, 2.45) is 0 Å². The van der Waals surface area contributed by atoms with Crippen LogP contribution in [0.5, 0.6) is 0 Å². The molecule has 2 N–H and O–H groups in total. The highest BCUT2D eigenvalue weighted by Gasteiger charge is 2.25. The lowest BCUT2D eigenvalue weighted by molar-refractivity contribution is 0.244. The summed E-state index contributed by atoms with van der Waals surface area (Å²) in [5.74, 6) is 0. The largest absolute Gasteiger partial charge is 0.336 e. The Balaban J connectivity index is 2.30. The predicted molar refractivity (Wildman–Crippen MR) is 83.1 cm³/mol. The molecule has 0 saturated heterocycles. The highest BCUT2D eigenvalue weighted by Crippen LogP contribution is 2.32. The van der Waals surface area contributed by atoms with Crippen molar-refractivity contribution in [3.63, 3.8) is 0 Å². The molecular weight excluding hydrogens is 250 g/mol. The lowest BCUT2D eigenvalue weighted by Crippen LogP contribution is -2.43. The summed E-state index contributed by atoms with van der Waals surface area (Å²) < 4.78 is 0. The second kappa shape index (κ2) is 6.75. The molecule has 1 aliphatic heterocycles. The maximum absolute atomic E-state index is 12.4. The lowest BCUT2D eigenvalue weighted by Gasteiger charge is -2.25. The van der Waals surface area contributed by atoms with E-state index in [1.54, 1.807) is 0 Å². The van der Waals surface area contributed by atoms with Crippen molar-refractivity contribution < 1.29 is 4.79 Å². The Morgan fingerprint density at radius 1 is 1.40 bits per heavy atom. The van der Waals surface area contributed by atoms with Gasteiger partial charge in [0.2, 0.25) is 0 Å². The number of urea groups is 1. The summed E-state index contributed by atoms with van der Waals surface area (Å²) in [6.07, 6.45) is 2.08. The molecule has 0 saturated carbocycles. The second-order valence-corrected chi connectivity index (χ2v) is 5.57. The van der Waals surface area contributed by atoms with E-state index in [4.69, 9.17) is 0 Å². The molecule has 1 atom stereocenters. The number of carbonyl (C=O) groups is 1. The molecule has 110 valence electrons. The minimum Gasteiger partial charge on any atom is -0.336 e. The Morgan fingerprint density at radius 2 is 2.15 bits per heavy atom. The van der Waals surface area contributed by atoms with E-state index in [0.717, 1.165) is 31.6 Å². The summed E-state index contributed by atoms with van der Waals surface area (Å²) in [6, 6.07) is 8.73. The van der Waals surface area contributed by atoms with Crippen molar-refractivity contribution in [2.45, 2.75) is 45.7 Å². The van der Waals surface area contributed by atoms with E-state index in [9.17, 15) is 4.79 Å². The smallest absolute Gasteiger partial charge is 0.322 e. The van der Waals surface area contributed by atoms with Crippen molar-refractivity contribution in [1.29, 1.82) is 0 Å². The number of para-hydroxylation sites is 1. The molecular formula is C16H25N3O. The molecule has 0 spiro atoms. The van der Waals surface area contributed by atoms with E-state index in [-0.39, 0.29) is 12.1 Å². The van der Waals surface area contributed by atoms with E-state index in [1.165, 1.54) is 5.56 Å². The number of carbonyl (C=O) groups excluding carboxylic acids is 1. The van der Waals surface area contributed by atoms with Crippen molar-refractivity contribution in [3.05, 3.63) is 29.8 Å². The van der Waals surface area contributed by atoms with Crippen LogP contribution in [0.3, 0.4) is 0 Å². The van der Waals surface area contributed by atoms with Crippen LogP contribution in [-0.4, -0.2) is 25.2 Å². The zero-order chi connectivity index (χ0) is 14.5. The van der Waals surface area contributed by atoms with Crippen LogP contribution in [0.25, 0.3) is 0 Å². The first kappa shape index (κ1) is 14.9. The van der Waals surface area contributed by atoms with Gasteiger partial charge in [-0.1, -0.05) is 25.1 Å². The molecule has 0 fully saturated rings. The maximum Gasteiger partial charge on any atom is 0.322 e. The van der Waals surface area contributed by atoms with Gasteiger partial charge in [0.25, 0.3) is 0 Å². The standard InChI is InChI=1S/C16H25N3O/c1-4-17-14-9-7-11-19(16(20)18-12(2)3)15-10-6-5-8-13(14)15/h5-6,8,10,12,14,17H,4,7,9,11H2,1-3H3,(H,18,20). The number of nitrogens with zero attached hydrogens (tertiary/aromatic N) is 1. The third-order valence-corrected chi connectivity index (χ3v) is 3.59. The number of benzene rings is 1. The minimum atomic E-state index is 0.00426. The summed E-state index contributed by atoms with van der Waals surface area (Å²) in [5, 5.41) is 6.52. The van der Waals surface area contributed by atoms with Crippen LogP contribution in [0.1, 0.15) is 45.2 Å². The average Bonchev–Trinajstić information content (AvgIpc) is 2.59. The molecule has 1 heterocycles. The Kier molecular flexibility index (Phi) is 5.01. The number of amides is 2. The first-order chi connectivity index (χ1) is 9.63. The molecule has 4 nitrogen and oxygen atoms in total. The van der Waals surface area contributed by atoms with Crippen LogP contribution in [0.15, 0.2) is 24.3 Å². The highest BCUT2D eigenvalue weighted by atomic mass is 16.2. The van der Waals surface area contributed by atoms with E-state index in [2.05, 4.69) is 23.6 Å². The van der Waals surface area contributed by atoms with Crippen LogP contribution in [-0.2, 0) is 0 Å². The zero-order valence-electron chi connectivity index (χ0n) is 12.6. The molecule has 4 heteroatoms. The molecule has 1 aromatic rings. The summed E-state index contributed by atoms with van der Waals surface area (Å²) >= 11 is 0. The molecule has 1 unspecified atom stereocenters. The quantitative estimate of drug-likeness (QED) is 0.890. The zero-order valence-corrected chi connectivity index (χ0v) is 12.6. The molecule has 20 heavy (non-hydrogen) atoms. The van der Waals surface area contributed by atoms with E-state index in [0.29, 0.717) is 6.04 Å². The molecule has 0 bridgehead atoms. The fourth-order valence-corrected chi connectivity index (χ4v) is 2.75. The Labute approximate surface area is 121 Å². The van der Waals surface area contributed by atoms with Crippen molar-refractivity contribution in [3.8, 4) is 0 Å². The van der Waals surface area contributed by atoms with Gasteiger partial charge >= 0.3 is 6.03 Å². The normalized spacial score (nSPS) is 18.6. The molecule has 0 aliphatic carbocycles. The number of anilines is 1. The predicted octanol–water partition coefficient (Wildman–Crippen LogP) is 3.06. The van der Waals surface area contributed by atoms with Crippen molar-refractivity contribution in [2.75, 3.05) is 18.0 Å². The van der Waals surface area contributed by atoms with Gasteiger partial charge in [-0.2, -0.15) is 0 Å². The average molecular weight is 275 g/mol. The van der Waals surface area contributed by atoms with Crippen LogP contribution >= 0.6 is 0 Å². The van der Waals surface area contributed by atoms with Crippen LogP contribution < -0.4 is 15.5 Å². The monoisotopic (exact) mass is 275 g/mol. The van der Waals surface area contributed by atoms with Gasteiger partial charge in [0, 0.05) is 18.6 Å². The summed E-state index contributed by atoms with van der Waals surface area (Å²) in [7, 11) is 0. The van der Waals surface area contributed by atoms with Gasteiger partial charge in [0.05, 0.1) is 5.69 Å². The Bertz CT molecular complexity index is 459. The fraction of sp³-hybridized carbons (Fsp3) is 0.562. The molecule has 0 aromatic heterocycles. The number of rotatable bonds is 3. The highest BCUT2D eigenvalue weighted by molar-refractivity contribution is 5.93. The SMILES string of the molecule is CCNC1CCCN(C(=O)NC(C)C)c2ccccc21. The second-order valence-electron chi connectivity index (χ2n) is 5.57. The first-order valence-electron chi connectivity index (χ1n) is 7.53. The van der Waals surface area contributed by atoms with Gasteiger partial charge in [0.15, 0.2) is 0 Å². The summed E-state index contributed by atoms with van der Waals surface area (Å²) in [4.78, 5) is 14.3. The van der Waals surface area contributed by atoms with E-state index in [1.807, 2.05) is 36.9 Å². The molecule has 2 amide bonds. The van der Waals surface area contributed by atoms with Gasteiger partial charge in [0.1, 0.15) is 0 Å². The summed E-state index contributed by atoms with van der Waals surface area (Å²) in [6.45, 7) is 7.82. The Morgan fingerprint density at radius 3 is 2.85 bits per heavy atom. The number of nitrogens with one attached hydrogen (secondary N) is 2. The number of hydrogen-bond acceptors (Lipinski definition) is 2. The van der Waals surface area contributed by atoms with Gasteiger partial charge in [-0.15, -0.1) is 0 Å². The van der Waals surface area contributed by atoms with Crippen LogP contribution in [0.2, 0.25) is 0 Å². The van der Waals surface area contributed by atoms with Crippen molar-refractivity contribution in [1.82, 2.24) is 10.6 Å². The number of hydrogen-bond donors (Lipinski definition) is 2. The molecule has 1 aliphatic rings. The van der Waals surface area contributed by atoms with E-state index >= 15 is 0 Å². The third-order valence-electron chi connectivity index (χ3n) is 3.59. The third kappa shape index (κ3) is 3.31. The summed E-state index contributed by atoms with van der Waals surface area (Å²) in [5.41, 5.74) is 2.26. The van der Waals surface area contributed by atoms with Gasteiger partial charge in [-0.3, -0.25) is 4.90 Å². The maximum atomic E-state index is 12.4. The number of fused-ring (bicyclic) bond motifs is 1. The van der Waals surface area contributed by atoms with Crippen molar-refractivity contribution >= 4 is 11.7 Å². The first-order valence-corrected chi connectivity index (χ1v) is 7.53. The minimum absolute atomic E-state index is 0.00426. The molecule has 0 radical (unpaired) electrons. The Hall–Kier alpha value is -1.55. The topological polar surface area (TPSA) is 44.4 Å². The lowest BCUT2D eigenvalue weighted by atomic mass is 10.0. The van der Waals surface area contributed by atoms with Crippen LogP contribution in [0.4, 0.5) is 10.5 Å². The van der Waals surface area contributed by atoms with Crippen LogP contribution in [0, 0.1) is 0 Å².